The predicted molar refractivity (Wildman–Crippen MR) is 102 cm³/mol. The topological polar surface area (TPSA) is 93.0 Å². The smallest absolute Gasteiger partial charge is 0.159 e. The average molecular weight is 366 g/mol. The fourth-order valence-corrected chi connectivity index (χ4v) is 3.58. The molecule has 0 spiro atoms. The number of nitrogens with one attached hydrogen (secondary N) is 2. The molecule has 27 heavy (non-hydrogen) atoms. The van der Waals surface area contributed by atoms with E-state index in [2.05, 4.69) is 36.6 Å². The van der Waals surface area contributed by atoms with Gasteiger partial charge in [-0.2, -0.15) is 0 Å². The highest BCUT2D eigenvalue weighted by molar-refractivity contribution is 5.79. The van der Waals surface area contributed by atoms with Gasteiger partial charge in [0.25, 0.3) is 0 Å². The van der Waals surface area contributed by atoms with Gasteiger partial charge in [0, 0.05) is 31.7 Å². The maximum Gasteiger partial charge on any atom is 0.159 e. The first-order valence-corrected chi connectivity index (χ1v) is 9.32. The summed E-state index contributed by atoms with van der Waals surface area (Å²) in [6.07, 6.45) is 8.21. The lowest BCUT2D eigenvalue weighted by molar-refractivity contribution is 0.122. The molecule has 3 aromatic rings. The minimum absolute atomic E-state index is 0.395. The van der Waals surface area contributed by atoms with Crippen LogP contribution in [0.4, 0.5) is 11.6 Å². The summed E-state index contributed by atoms with van der Waals surface area (Å²) in [4.78, 5) is 20.4. The van der Waals surface area contributed by atoms with Crippen LogP contribution < -0.4 is 15.5 Å². The minimum Gasteiger partial charge on any atom is -0.378 e. The lowest BCUT2D eigenvalue weighted by Gasteiger charge is -2.27. The SMILES string of the molecule is c1ncc(-n2cnc3cnc(N4CCOCC4)cc32)nc1N[C@@H]1CCNC1. The monoisotopic (exact) mass is 366 g/mol. The Labute approximate surface area is 156 Å². The van der Waals surface area contributed by atoms with E-state index in [0.717, 1.165) is 74.3 Å². The lowest BCUT2D eigenvalue weighted by Crippen LogP contribution is -2.36. The largest absolute Gasteiger partial charge is 0.378 e. The summed E-state index contributed by atoms with van der Waals surface area (Å²) in [6.45, 7) is 5.15. The Morgan fingerprint density at radius 3 is 2.89 bits per heavy atom. The zero-order valence-corrected chi connectivity index (χ0v) is 15.0. The summed E-state index contributed by atoms with van der Waals surface area (Å²) in [5.74, 6) is 2.46. The molecule has 2 aliphatic heterocycles. The van der Waals surface area contributed by atoms with Crippen LogP contribution in [0.15, 0.2) is 31.0 Å². The number of anilines is 2. The normalized spacial score (nSPS) is 20.3. The number of morpholine rings is 1. The Morgan fingerprint density at radius 2 is 2.04 bits per heavy atom. The number of hydrogen-bond acceptors (Lipinski definition) is 8. The molecule has 5 rings (SSSR count). The summed E-state index contributed by atoms with van der Waals surface area (Å²) in [5.41, 5.74) is 1.81. The molecule has 2 saturated heterocycles. The van der Waals surface area contributed by atoms with E-state index in [9.17, 15) is 0 Å². The number of imidazole rings is 1. The summed E-state index contributed by atoms with van der Waals surface area (Å²) >= 11 is 0. The van der Waals surface area contributed by atoms with Crippen molar-refractivity contribution in [2.24, 2.45) is 0 Å². The fraction of sp³-hybridized carbons (Fsp3) is 0.444. The highest BCUT2D eigenvalue weighted by Gasteiger charge is 2.17. The average Bonchev–Trinajstić information content (AvgIpc) is 3.38. The molecule has 3 aromatic heterocycles. The Kier molecular flexibility index (Phi) is 4.30. The Bertz CT molecular complexity index is 930. The van der Waals surface area contributed by atoms with Gasteiger partial charge < -0.3 is 20.3 Å². The summed E-state index contributed by atoms with van der Waals surface area (Å²) in [5, 5.41) is 6.80. The molecule has 9 nitrogen and oxygen atoms in total. The van der Waals surface area contributed by atoms with Crippen LogP contribution in [0.1, 0.15) is 6.42 Å². The molecule has 2 aliphatic rings. The number of hydrogen-bond donors (Lipinski definition) is 2. The maximum absolute atomic E-state index is 5.44. The fourth-order valence-electron chi connectivity index (χ4n) is 3.58. The van der Waals surface area contributed by atoms with E-state index >= 15 is 0 Å². The summed E-state index contributed by atoms with van der Waals surface area (Å²) in [6, 6.07) is 2.46. The van der Waals surface area contributed by atoms with Crippen molar-refractivity contribution in [3.63, 3.8) is 0 Å². The molecule has 2 fully saturated rings. The number of nitrogens with zero attached hydrogens (tertiary/aromatic N) is 6. The van der Waals surface area contributed by atoms with Crippen molar-refractivity contribution in [1.29, 1.82) is 0 Å². The van der Waals surface area contributed by atoms with Crippen LogP contribution in [0.3, 0.4) is 0 Å². The third-order valence-electron chi connectivity index (χ3n) is 5.04. The molecular formula is C18H22N8O. The van der Waals surface area contributed by atoms with Gasteiger partial charge in [-0.05, 0) is 13.0 Å². The molecule has 2 N–H and O–H groups in total. The number of ether oxygens (including phenoxy) is 1. The second-order valence-electron chi connectivity index (χ2n) is 6.84. The third-order valence-corrected chi connectivity index (χ3v) is 5.04. The molecule has 5 heterocycles. The van der Waals surface area contributed by atoms with E-state index in [1.807, 2.05) is 10.8 Å². The van der Waals surface area contributed by atoms with Crippen molar-refractivity contribution >= 4 is 22.7 Å². The maximum atomic E-state index is 5.44. The molecule has 140 valence electrons. The predicted octanol–water partition coefficient (Wildman–Crippen LogP) is 0.821. The third kappa shape index (κ3) is 3.31. The van der Waals surface area contributed by atoms with Crippen LogP contribution in [0, 0.1) is 0 Å². The van der Waals surface area contributed by atoms with Gasteiger partial charge in [0.05, 0.1) is 37.3 Å². The van der Waals surface area contributed by atoms with Crippen LogP contribution in [0.25, 0.3) is 16.9 Å². The van der Waals surface area contributed by atoms with Crippen LogP contribution in [0.5, 0.6) is 0 Å². The molecule has 0 unspecified atom stereocenters. The Morgan fingerprint density at radius 1 is 1.11 bits per heavy atom. The van der Waals surface area contributed by atoms with Gasteiger partial charge in [0.15, 0.2) is 5.82 Å². The minimum atomic E-state index is 0.395. The van der Waals surface area contributed by atoms with Crippen molar-refractivity contribution in [2.45, 2.75) is 12.5 Å². The number of aromatic nitrogens is 5. The number of pyridine rings is 1. The van der Waals surface area contributed by atoms with E-state index in [0.29, 0.717) is 6.04 Å². The lowest BCUT2D eigenvalue weighted by atomic mass is 10.3. The van der Waals surface area contributed by atoms with E-state index in [4.69, 9.17) is 9.72 Å². The first-order chi connectivity index (χ1) is 13.4. The molecule has 0 amide bonds. The van der Waals surface area contributed by atoms with Crippen molar-refractivity contribution in [3.8, 4) is 5.82 Å². The highest BCUT2D eigenvalue weighted by Crippen LogP contribution is 2.22. The van der Waals surface area contributed by atoms with Crippen LogP contribution in [-0.4, -0.2) is 69.9 Å². The molecule has 0 aromatic carbocycles. The standard InChI is InChI=1S/C18H22N8O/c1-2-19-8-13(1)23-16-10-20-11-18(24-16)26-12-22-14-9-21-17(7-15(14)26)25-3-5-27-6-4-25/h7,9-13,19H,1-6,8H2,(H,23,24)/t13-/m1/s1. The van der Waals surface area contributed by atoms with E-state index in [1.54, 1.807) is 18.7 Å². The van der Waals surface area contributed by atoms with Crippen molar-refractivity contribution in [1.82, 2.24) is 29.8 Å². The number of fused-ring (bicyclic) bond motifs is 1. The Balaban J connectivity index is 1.47. The highest BCUT2D eigenvalue weighted by atomic mass is 16.5. The van der Waals surface area contributed by atoms with Gasteiger partial charge in [-0.25, -0.2) is 15.0 Å². The van der Waals surface area contributed by atoms with Crippen LogP contribution in [-0.2, 0) is 4.74 Å². The van der Waals surface area contributed by atoms with Gasteiger partial charge in [-0.3, -0.25) is 9.55 Å². The summed E-state index contributed by atoms with van der Waals surface area (Å²) in [7, 11) is 0. The molecular weight excluding hydrogens is 344 g/mol. The second-order valence-corrected chi connectivity index (χ2v) is 6.84. The van der Waals surface area contributed by atoms with Gasteiger partial charge in [-0.1, -0.05) is 0 Å². The molecule has 9 heteroatoms. The quantitative estimate of drug-likeness (QED) is 0.701. The van der Waals surface area contributed by atoms with Gasteiger partial charge in [0.1, 0.15) is 23.5 Å². The van der Waals surface area contributed by atoms with E-state index in [-0.39, 0.29) is 0 Å². The molecule has 0 radical (unpaired) electrons. The first kappa shape index (κ1) is 16.4. The number of rotatable bonds is 4. The van der Waals surface area contributed by atoms with Crippen LogP contribution in [0.2, 0.25) is 0 Å². The van der Waals surface area contributed by atoms with E-state index in [1.165, 1.54) is 0 Å². The second kappa shape index (κ2) is 7.09. The summed E-state index contributed by atoms with van der Waals surface area (Å²) < 4.78 is 7.40. The van der Waals surface area contributed by atoms with Gasteiger partial charge in [-0.15, -0.1) is 0 Å². The Hall–Kier alpha value is -2.78. The van der Waals surface area contributed by atoms with Crippen LogP contribution >= 0.6 is 0 Å². The zero-order chi connectivity index (χ0) is 18.1. The molecule has 0 saturated carbocycles. The molecule has 0 bridgehead atoms. The zero-order valence-electron chi connectivity index (χ0n) is 15.0. The molecule has 1 atom stereocenters. The molecule has 0 aliphatic carbocycles. The van der Waals surface area contributed by atoms with Crippen molar-refractivity contribution in [2.75, 3.05) is 49.6 Å². The van der Waals surface area contributed by atoms with Crippen molar-refractivity contribution in [3.05, 3.63) is 31.0 Å². The van der Waals surface area contributed by atoms with Gasteiger partial charge >= 0.3 is 0 Å². The van der Waals surface area contributed by atoms with Crippen molar-refractivity contribution < 1.29 is 4.74 Å². The first-order valence-electron chi connectivity index (χ1n) is 9.32. The van der Waals surface area contributed by atoms with E-state index < -0.39 is 0 Å². The van der Waals surface area contributed by atoms with Gasteiger partial charge in [0.2, 0.25) is 0 Å².